The van der Waals surface area contributed by atoms with E-state index in [1.165, 1.54) is 67.2 Å². The Morgan fingerprint density at radius 1 is 0.475 bits per heavy atom. The molecular formula is C46H71F9O6. The first kappa shape index (κ1) is 51.4. The summed E-state index contributed by atoms with van der Waals surface area (Å²) in [6, 6.07) is 0. The standard InChI is InChI=1S/C19H29F3O2.C17H25F3O2.C10H17F3O2/c1-5-17(4,19(20,21)22)15(23)24-16(2,3)18-9-12-6-13(10-18)8-14(7-12)11-18;1-4-15(2,17(18,19)20)14(21)22-16(3)12-6-10-5-11(8-12)9-13(16)7-10;1-6-9(5,10(11,12)13)7(14)15-8(2,3)4/h12-14H,5-11H2,1-4H3;10-13H,4-9H2,1-3H3;6H2,1-5H3. The van der Waals surface area contributed by atoms with E-state index >= 15 is 0 Å². The van der Waals surface area contributed by atoms with Crippen molar-refractivity contribution in [2.24, 2.45) is 63.1 Å². The highest BCUT2D eigenvalue weighted by Gasteiger charge is 2.64. The van der Waals surface area contributed by atoms with E-state index in [1.54, 1.807) is 0 Å². The van der Waals surface area contributed by atoms with Crippen LogP contribution in [0.15, 0.2) is 0 Å². The third kappa shape index (κ3) is 9.90. The van der Waals surface area contributed by atoms with Crippen LogP contribution in [-0.2, 0) is 28.6 Å². The maximum atomic E-state index is 13.4. The molecule has 0 aliphatic heterocycles. The van der Waals surface area contributed by atoms with Gasteiger partial charge in [-0.3, -0.25) is 14.4 Å². The Labute approximate surface area is 356 Å². The highest BCUT2D eigenvalue weighted by molar-refractivity contribution is 5.79. The number of ether oxygens (including phenoxy) is 3. The second kappa shape index (κ2) is 17.0. The van der Waals surface area contributed by atoms with Crippen molar-refractivity contribution in [3.8, 4) is 0 Å². The van der Waals surface area contributed by atoms with Gasteiger partial charge < -0.3 is 14.2 Å². The van der Waals surface area contributed by atoms with Crippen molar-refractivity contribution < 1.29 is 68.1 Å². The molecule has 0 heterocycles. The topological polar surface area (TPSA) is 78.9 Å². The maximum Gasteiger partial charge on any atom is 0.404 e. The minimum Gasteiger partial charge on any atom is -0.459 e. The second-order valence-electron chi connectivity index (χ2n) is 22.0. The summed E-state index contributed by atoms with van der Waals surface area (Å²) in [4.78, 5) is 36.3. The van der Waals surface area contributed by atoms with E-state index in [2.05, 4.69) is 0 Å². The summed E-state index contributed by atoms with van der Waals surface area (Å²) < 4.78 is 134. The van der Waals surface area contributed by atoms with Gasteiger partial charge in [-0.05, 0) is 194 Å². The first-order chi connectivity index (χ1) is 27.5. The molecule has 8 fully saturated rings. The summed E-state index contributed by atoms with van der Waals surface area (Å²) in [6.45, 7) is 17.1. The summed E-state index contributed by atoms with van der Waals surface area (Å²) in [6.07, 6.45) is -2.64. The van der Waals surface area contributed by atoms with Gasteiger partial charge in [0, 0.05) is 5.41 Å². The van der Waals surface area contributed by atoms with Crippen LogP contribution in [0.5, 0.6) is 0 Å². The Hall–Kier alpha value is -2.22. The lowest BCUT2D eigenvalue weighted by molar-refractivity contribution is -0.253. The predicted molar refractivity (Wildman–Crippen MR) is 212 cm³/mol. The van der Waals surface area contributed by atoms with E-state index in [1.807, 2.05) is 20.8 Å². The minimum atomic E-state index is -4.59. The van der Waals surface area contributed by atoms with Gasteiger partial charge in [-0.25, -0.2) is 0 Å². The molecule has 354 valence electrons. The Bertz CT molecular complexity index is 1530. The number of halogens is 9. The van der Waals surface area contributed by atoms with E-state index in [9.17, 15) is 53.9 Å². The van der Waals surface area contributed by atoms with Crippen LogP contribution < -0.4 is 0 Å². The molecule has 0 N–H and O–H groups in total. The van der Waals surface area contributed by atoms with Crippen molar-refractivity contribution >= 4 is 17.9 Å². The zero-order chi connectivity index (χ0) is 46.8. The molecule has 61 heavy (non-hydrogen) atoms. The van der Waals surface area contributed by atoms with Gasteiger partial charge >= 0.3 is 36.4 Å². The van der Waals surface area contributed by atoms with Gasteiger partial charge in [0.05, 0.1) is 0 Å². The van der Waals surface area contributed by atoms with Crippen LogP contribution in [0.4, 0.5) is 39.5 Å². The van der Waals surface area contributed by atoms with Crippen LogP contribution in [0.3, 0.4) is 0 Å². The Morgan fingerprint density at radius 3 is 1.07 bits per heavy atom. The van der Waals surface area contributed by atoms with Crippen molar-refractivity contribution in [3.05, 3.63) is 0 Å². The van der Waals surface area contributed by atoms with E-state index in [-0.39, 0.29) is 36.5 Å². The smallest absolute Gasteiger partial charge is 0.404 e. The van der Waals surface area contributed by atoms with Gasteiger partial charge in [0.1, 0.15) is 16.8 Å². The molecule has 0 radical (unpaired) electrons. The Morgan fingerprint density at radius 2 is 0.770 bits per heavy atom. The van der Waals surface area contributed by atoms with E-state index in [0.29, 0.717) is 29.6 Å². The third-order valence-electron chi connectivity index (χ3n) is 16.5. The number of carbonyl (C=O) groups is 3. The van der Waals surface area contributed by atoms with Crippen LogP contribution >= 0.6 is 0 Å². The molecule has 0 aromatic rings. The largest absolute Gasteiger partial charge is 0.459 e. The van der Waals surface area contributed by atoms with Gasteiger partial charge in [0.15, 0.2) is 16.2 Å². The molecule has 3 atom stereocenters. The molecular weight excluding hydrogens is 819 g/mol. The number of hydrogen-bond acceptors (Lipinski definition) is 6. The molecule has 8 aliphatic carbocycles. The molecule has 8 bridgehead atoms. The fourth-order valence-corrected chi connectivity index (χ4v) is 11.7. The van der Waals surface area contributed by atoms with Crippen LogP contribution in [0, 0.1) is 63.1 Å². The molecule has 0 amide bonds. The van der Waals surface area contributed by atoms with Gasteiger partial charge in [-0.1, -0.05) is 20.8 Å². The summed E-state index contributed by atoms with van der Waals surface area (Å²) in [5.74, 6) is 0.423. The first-order valence-corrected chi connectivity index (χ1v) is 22.4. The molecule has 6 nitrogen and oxygen atoms in total. The lowest BCUT2D eigenvalue weighted by Gasteiger charge is -2.61. The molecule has 8 rings (SSSR count). The maximum absolute atomic E-state index is 13.4. The van der Waals surface area contributed by atoms with Crippen molar-refractivity contribution in [1.29, 1.82) is 0 Å². The molecule has 8 saturated carbocycles. The number of rotatable bonds is 9. The van der Waals surface area contributed by atoms with E-state index < -0.39 is 69.5 Å². The SMILES string of the molecule is CCC(C)(C(=O)OC(C)(C)C)C(F)(F)F.CCC(C)(C(=O)OC(C)(C)C12CC3CC(CC(C3)C1)C2)C(F)(F)F.CCC(C)(C(=O)OC1(C)C2CC3CC(C2)CC1C3)C(F)(F)F. The van der Waals surface area contributed by atoms with Crippen molar-refractivity contribution in [2.75, 3.05) is 0 Å². The lowest BCUT2D eigenvalue weighted by atomic mass is 9.46. The minimum absolute atomic E-state index is 0.141. The van der Waals surface area contributed by atoms with Gasteiger partial charge in [-0.15, -0.1) is 0 Å². The number of alkyl halides is 9. The average Bonchev–Trinajstić information content (AvgIpc) is 3.10. The molecule has 8 aliphatic rings. The monoisotopic (exact) mass is 891 g/mol. The highest BCUT2D eigenvalue weighted by Crippen LogP contribution is 2.65. The molecule has 0 aromatic carbocycles. The summed E-state index contributed by atoms with van der Waals surface area (Å²) >= 11 is 0. The quantitative estimate of drug-likeness (QED) is 0.130. The highest BCUT2D eigenvalue weighted by atomic mass is 19.4. The van der Waals surface area contributed by atoms with Crippen LogP contribution in [0.1, 0.15) is 173 Å². The fourth-order valence-electron chi connectivity index (χ4n) is 11.7. The molecule has 0 aromatic heterocycles. The first-order valence-electron chi connectivity index (χ1n) is 22.4. The second-order valence-corrected chi connectivity index (χ2v) is 22.0. The fraction of sp³-hybridized carbons (Fsp3) is 0.935. The molecule has 0 spiro atoms. The zero-order valence-electron chi connectivity index (χ0n) is 38.3. The number of carbonyl (C=O) groups excluding carboxylic acids is 3. The summed E-state index contributed by atoms with van der Waals surface area (Å²) in [5.41, 5.74) is -9.83. The van der Waals surface area contributed by atoms with E-state index in [0.717, 1.165) is 65.7 Å². The normalized spacial score (nSPS) is 34.7. The van der Waals surface area contributed by atoms with Crippen LogP contribution in [-0.4, -0.2) is 53.2 Å². The molecule has 15 heteroatoms. The average molecular weight is 891 g/mol. The third-order valence-corrected chi connectivity index (χ3v) is 16.5. The summed E-state index contributed by atoms with van der Waals surface area (Å²) in [7, 11) is 0. The van der Waals surface area contributed by atoms with Crippen molar-refractivity contribution in [2.45, 2.75) is 208 Å². The number of hydrogen-bond donors (Lipinski definition) is 0. The summed E-state index contributed by atoms with van der Waals surface area (Å²) in [5, 5.41) is 0. The van der Waals surface area contributed by atoms with Gasteiger partial charge in [0.25, 0.3) is 0 Å². The molecule has 3 unspecified atom stereocenters. The number of esters is 3. The van der Waals surface area contributed by atoms with Crippen molar-refractivity contribution in [1.82, 2.24) is 0 Å². The van der Waals surface area contributed by atoms with Gasteiger partial charge in [-0.2, -0.15) is 39.5 Å². The predicted octanol–water partition coefficient (Wildman–Crippen LogP) is 13.5. The van der Waals surface area contributed by atoms with E-state index in [4.69, 9.17) is 14.2 Å². The van der Waals surface area contributed by atoms with Crippen molar-refractivity contribution in [3.63, 3.8) is 0 Å². The zero-order valence-corrected chi connectivity index (χ0v) is 38.3. The Balaban J connectivity index is 0.000000208. The Kier molecular flexibility index (Phi) is 14.3. The van der Waals surface area contributed by atoms with Gasteiger partial charge in [0.2, 0.25) is 0 Å². The molecule has 0 saturated heterocycles. The van der Waals surface area contributed by atoms with Crippen LogP contribution in [0.25, 0.3) is 0 Å². The van der Waals surface area contributed by atoms with Crippen LogP contribution in [0.2, 0.25) is 0 Å². The lowest BCUT2D eigenvalue weighted by Crippen LogP contribution is -2.59.